The van der Waals surface area contributed by atoms with Crippen molar-refractivity contribution in [2.45, 2.75) is 18.9 Å². The Morgan fingerprint density at radius 1 is 1.31 bits per heavy atom. The molecule has 1 aromatic carbocycles. The van der Waals surface area contributed by atoms with Crippen LogP contribution in [-0.4, -0.2) is 6.61 Å². The van der Waals surface area contributed by atoms with Crippen molar-refractivity contribution in [3.8, 4) is 0 Å². The van der Waals surface area contributed by atoms with Crippen LogP contribution in [-0.2, 0) is 4.74 Å². The van der Waals surface area contributed by atoms with Gasteiger partial charge in [-0.15, -0.1) is 0 Å². The fourth-order valence-corrected chi connectivity index (χ4v) is 1.59. The van der Waals surface area contributed by atoms with E-state index in [1.54, 1.807) is 0 Å². The molecule has 1 heterocycles. The minimum absolute atomic E-state index is 0.180. The third kappa shape index (κ3) is 1.70. The Kier molecular flexibility index (Phi) is 2.27. The van der Waals surface area contributed by atoms with Gasteiger partial charge >= 0.3 is 0 Å². The van der Waals surface area contributed by atoms with E-state index in [4.69, 9.17) is 4.74 Å². The summed E-state index contributed by atoms with van der Waals surface area (Å²) < 4.78 is 31.0. The van der Waals surface area contributed by atoms with E-state index < -0.39 is 11.6 Å². The fourth-order valence-electron chi connectivity index (χ4n) is 1.59. The van der Waals surface area contributed by atoms with Crippen LogP contribution in [0.5, 0.6) is 0 Å². The molecule has 1 aliphatic rings. The van der Waals surface area contributed by atoms with Gasteiger partial charge in [0.15, 0.2) is 0 Å². The SMILES string of the molecule is Fc1ccc([C@H]2CCCO2)c(F)c1. The van der Waals surface area contributed by atoms with E-state index in [1.165, 1.54) is 12.1 Å². The molecule has 2 rings (SSSR count). The molecule has 0 aliphatic carbocycles. The van der Waals surface area contributed by atoms with Gasteiger partial charge in [-0.1, -0.05) is 6.07 Å². The normalized spacial score (nSPS) is 22.2. The molecule has 0 bridgehead atoms. The highest BCUT2D eigenvalue weighted by Crippen LogP contribution is 2.30. The van der Waals surface area contributed by atoms with E-state index in [0.29, 0.717) is 12.2 Å². The third-order valence-corrected chi connectivity index (χ3v) is 2.24. The average Bonchev–Trinajstić information content (AvgIpc) is 2.56. The Hall–Kier alpha value is -0.960. The standard InChI is InChI=1S/C10H10F2O/c11-7-3-4-8(9(12)6-7)10-2-1-5-13-10/h3-4,6,10H,1-2,5H2/t10-/m1/s1. The molecule has 1 aromatic rings. The summed E-state index contributed by atoms with van der Waals surface area (Å²) in [6.45, 7) is 0.668. The van der Waals surface area contributed by atoms with Crippen molar-refractivity contribution in [2.75, 3.05) is 6.61 Å². The van der Waals surface area contributed by atoms with Crippen LogP contribution in [0.4, 0.5) is 8.78 Å². The summed E-state index contributed by atoms with van der Waals surface area (Å²) >= 11 is 0. The Labute approximate surface area is 75.3 Å². The van der Waals surface area contributed by atoms with Crippen LogP contribution in [0.2, 0.25) is 0 Å². The van der Waals surface area contributed by atoms with Gasteiger partial charge in [0.2, 0.25) is 0 Å². The first kappa shape index (κ1) is 8.63. The van der Waals surface area contributed by atoms with E-state index >= 15 is 0 Å². The highest BCUT2D eigenvalue weighted by atomic mass is 19.1. The maximum atomic E-state index is 13.2. The smallest absolute Gasteiger partial charge is 0.131 e. The topological polar surface area (TPSA) is 9.23 Å². The van der Waals surface area contributed by atoms with Gasteiger partial charge in [-0.25, -0.2) is 8.78 Å². The summed E-state index contributed by atoms with van der Waals surface area (Å²) in [4.78, 5) is 0. The zero-order valence-corrected chi connectivity index (χ0v) is 7.09. The molecular weight excluding hydrogens is 174 g/mol. The maximum absolute atomic E-state index is 13.2. The molecule has 0 unspecified atom stereocenters. The van der Waals surface area contributed by atoms with Crippen LogP contribution < -0.4 is 0 Å². The van der Waals surface area contributed by atoms with Gasteiger partial charge in [0.1, 0.15) is 11.6 Å². The van der Waals surface area contributed by atoms with Gasteiger partial charge in [-0.3, -0.25) is 0 Å². The molecule has 0 N–H and O–H groups in total. The summed E-state index contributed by atoms with van der Waals surface area (Å²) in [7, 11) is 0. The van der Waals surface area contributed by atoms with Gasteiger partial charge in [0.05, 0.1) is 6.10 Å². The van der Waals surface area contributed by atoms with Crippen LogP contribution in [0.1, 0.15) is 24.5 Å². The quantitative estimate of drug-likeness (QED) is 0.652. The largest absolute Gasteiger partial charge is 0.373 e. The molecule has 0 radical (unpaired) electrons. The summed E-state index contributed by atoms with van der Waals surface area (Å²) in [6, 6.07) is 3.62. The van der Waals surface area contributed by atoms with E-state index in [1.807, 2.05) is 0 Å². The van der Waals surface area contributed by atoms with Gasteiger partial charge in [0.25, 0.3) is 0 Å². The van der Waals surface area contributed by atoms with Gasteiger partial charge in [-0.2, -0.15) is 0 Å². The number of hydrogen-bond donors (Lipinski definition) is 0. The molecule has 0 aromatic heterocycles. The molecule has 1 fully saturated rings. The Morgan fingerprint density at radius 3 is 2.77 bits per heavy atom. The van der Waals surface area contributed by atoms with Crippen LogP contribution in [0.15, 0.2) is 18.2 Å². The monoisotopic (exact) mass is 184 g/mol. The molecule has 0 saturated carbocycles. The minimum Gasteiger partial charge on any atom is -0.373 e. The zero-order chi connectivity index (χ0) is 9.26. The van der Waals surface area contributed by atoms with Crippen molar-refractivity contribution in [1.29, 1.82) is 0 Å². The second kappa shape index (κ2) is 3.42. The first-order valence-corrected chi connectivity index (χ1v) is 4.34. The van der Waals surface area contributed by atoms with Crippen LogP contribution in [0.25, 0.3) is 0 Å². The molecular formula is C10H10F2O. The Morgan fingerprint density at radius 2 is 2.15 bits per heavy atom. The second-order valence-electron chi connectivity index (χ2n) is 3.17. The molecule has 1 saturated heterocycles. The third-order valence-electron chi connectivity index (χ3n) is 2.24. The lowest BCUT2D eigenvalue weighted by Gasteiger charge is -2.10. The van der Waals surface area contributed by atoms with Crippen LogP contribution in [0, 0.1) is 11.6 Å². The number of ether oxygens (including phenoxy) is 1. The summed E-state index contributed by atoms with van der Waals surface area (Å²) in [5.41, 5.74) is 0.471. The second-order valence-corrected chi connectivity index (χ2v) is 3.17. The Balaban J connectivity index is 2.29. The molecule has 0 amide bonds. The fraction of sp³-hybridized carbons (Fsp3) is 0.400. The lowest BCUT2D eigenvalue weighted by molar-refractivity contribution is 0.109. The van der Waals surface area contributed by atoms with Crippen molar-refractivity contribution in [3.05, 3.63) is 35.4 Å². The van der Waals surface area contributed by atoms with Gasteiger partial charge in [0, 0.05) is 18.2 Å². The molecule has 3 heteroatoms. The number of rotatable bonds is 1. The highest BCUT2D eigenvalue weighted by Gasteiger charge is 2.20. The van der Waals surface area contributed by atoms with Crippen molar-refractivity contribution in [1.82, 2.24) is 0 Å². The predicted octanol–water partition coefficient (Wildman–Crippen LogP) is 2.82. The number of halogens is 2. The summed E-state index contributed by atoms with van der Waals surface area (Å²) in [6.07, 6.45) is 1.59. The van der Waals surface area contributed by atoms with E-state index in [0.717, 1.165) is 18.9 Å². The van der Waals surface area contributed by atoms with E-state index in [9.17, 15) is 8.78 Å². The first-order valence-electron chi connectivity index (χ1n) is 4.34. The predicted molar refractivity (Wildman–Crippen MR) is 44.3 cm³/mol. The van der Waals surface area contributed by atoms with Gasteiger partial charge < -0.3 is 4.74 Å². The van der Waals surface area contributed by atoms with Crippen LogP contribution >= 0.6 is 0 Å². The molecule has 1 aliphatic heterocycles. The van der Waals surface area contributed by atoms with Crippen molar-refractivity contribution >= 4 is 0 Å². The van der Waals surface area contributed by atoms with Gasteiger partial charge in [-0.05, 0) is 18.9 Å². The molecule has 70 valence electrons. The minimum atomic E-state index is -0.542. The average molecular weight is 184 g/mol. The zero-order valence-electron chi connectivity index (χ0n) is 7.09. The summed E-state index contributed by atoms with van der Waals surface area (Å²) in [5, 5.41) is 0. The Bertz CT molecular complexity index is 306. The molecule has 13 heavy (non-hydrogen) atoms. The molecule has 1 atom stereocenters. The molecule has 0 spiro atoms. The highest BCUT2D eigenvalue weighted by molar-refractivity contribution is 5.21. The van der Waals surface area contributed by atoms with E-state index in [2.05, 4.69) is 0 Å². The number of benzene rings is 1. The van der Waals surface area contributed by atoms with Crippen molar-refractivity contribution in [2.24, 2.45) is 0 Å². The lowest BCUT2D eigenvalue weighted by Crippen LogP contribution is -1.99. The maximum Gasteiger partial charge on any atom is 0.131 e. The van der Waals surface area contributed by atoms with E-state index in [-0.39, 0.29) is 6.10 Å². The number of hydrogen-bond acceptors (Lipinski definition) is 1. The molecule has 1 nitrogen and oxygen atoms in total. The lowest BCUT2D eigenvalue weighted by atomic mass is 10.1. The summed E-state index contributed by atoms with van der Waals surface area (Å²) in [5.74, 6) is -1.05. The van der Waals surface area contributed by atoms with Crippen LogP contribution in [0.3, 0.4) is 0 Å². The first-order chi connectivity index (χ1) is 6.27. The van der Waals surface area contributed by atoms with Crippen molar-refractivity contribution in [3.63, 3.8) is 0 Å². The van der Waals surface area contributed by atoms with Crippen molar-refractivity contribution < 1.29 is 13.5 Å².